The minimum atomic E-state index is 1.44. The van der Waals surface area contributed by atoms with Gasteiger partial charge in [0.1, 0.15) is 0 Å². The van der Waals surface area contributed by atoms with E-state index in [1.165, 1.54) is 52.9 Å². The second-order valence-electron chi connectivity index (χ2n) is 5.72. The molecule has 2 aromatic heterocycles. The van der Waals surface area contributed by atoms with Crippen molar-refractivity contribution in [2.75, 3.05) is 0 Å². The predicted molar refractivity (Wildman–Crippen MR) is 95.2 cm³/mol. The summed E-state index contributed by atoms with van der Waals surface area (Å²) < 4.78 is 0. The number of allylic oxidation sites excluding steroid dienone is 2. The molecule has 0 aromatic carbocycles. The highest BCUT2D eigenvalue weighted by molar-refractivity contribution is 7.14. The first-order chi connectivity index (χ1) is 9.25. The Morgan fingerprint density at radius 2 is 0.850 bits per heavy atom. The zero-order valence-electron chi connectivity index (χ0n) is 13.8. The van der Waals surface area contributed by atoms with Gasteiger partial charge in [-0.1, -0.05) is 0 Å². The van der Waals surface area contributed by atoms with Gasteiger partial charge in [-0.25, -0.2) is 0 Å². The average molecular weight is 305 g/mol. The van der Waals surface area contributed by atoms with Gasteiger partial charge in [-0.2, -0.15) is 0 Å². The summed E-state index contributed by atoms with van der Waals surface area (Å²) in [5.41, 5.74) is 8.68. The van der Waals surface area contributed by atoms with E-state index in [0.29, 0.717) is 0 Å². The lowest BCUT2D eigenvalue weighted by Crippen LogP contribution is -1.86. The molecule has 0 aliphatic rings. The van der Waals surface area contributed by atoms with Crippen LogP contribution < -0.4 is 0 Å². The standard InChI is InChI=1S/C18H24S2/c1-9-11(3)17(19-15(9)7)13(5)14(6)18-12(4)10(2)16(8)20-18/h1-8H3/b14-13+. The summed E-state index contributed by atoms with van der Waals surface area (Å²) in [5.74, 6) is 0. The van der Waals surface area contributed by atoms with Gasteiger partial charge in [0.05, 0.1) is 0 Å². The minimum Gasteiger partial charge on any atom is -0.140 e. The Labute approximate surface area is 131 Å². The van der Waals surface area contributed by atoms with Gasteiger partial charge in [-0.3, -0.25) is 0 Å². The van der Waals surface area contributed by atoms with Crippen molar-refractivity contribution in [3.8, 4) is 0 Å². The van der Waals surface area contributed by atoms with Gasteiger partial charge in [0.2, 0.25) is 0 Å². The summed E-state index contributed by atoms with van der Waals surface area (Å²) in [7, 11) is 0. The molecule has 0 unspecified atom stereocenters. The highest BCUT2D eigenvalue weighted by Crippen LogP contribution is 2.39. The molecule has 2 heterocycles. The highest BCUT2D eigenvalue weighted by atomic mass is 32.1. The van der Waals surface area contributed by atoms with Crippen molar-refractivity contribution in [2.24, 2.45) is 0 Å². The lowest BCUT2D eigenvalue weighted by molar-refractivity contribution is 1.33. The molecular formula is C18H24S2. The smallest absolute Gasteiger partial charge is 0.0337 e. The Morgan fingerprint density at radius 1 is 0.550 bits per heavy atom. The van der Waals surface area contributed by atoms with E-state index in [4.69, 9.17) is 0 Å². The fourth-order valence-corrected chi connectivity index (χ4v) is 4.99. The van der Waals surface area contributed by atoms with Crippen LogP contribution in [0.5, 0.6) is 0 Å². The minimum absolute atomic E-state index is 1.44. The molecule has 2 aromatic rings. The van der Waals surface area contributed by atoms with Gasteiger partial charge in [0.15, 0.2) is 0 Å². The van der Waals surface area contributed by atoms with Crippen LogP contribution in [-0.2, 0) is 0 Å². The molecule has 0 fully saturated rings. The van der Waals surface area contributed by atoms with Crippen molar-refractivity contribution >= 4 is 33.8 Å². The number of aryl methyl sites for hydroxylation is 2. The molecule has 0 saturated heterocycles. The number of rotatable bonds is 2. The zero-order valence-corrected chi connectivity index (χ0v) is 15.4. The summed E-state index contributed by atoms with van der Waals surface area (Å²) in [4.78, 5) is 5.81. The lowest BCUT2D eigenvalue weighted by atomic mass is 10.0. The molecule has 0 aliphatic carbocycles. The molecule has 0 bridgehead atoms. The largest absolute Gasteiger partial charge is 0.140 e. The van der Waals surface area contributed by atoms with Crippen LogP contribution in [0.15, 0.2) is 0 Å². The molecular weight excluding hydrogens is 280 g/mol. The van der Waals surface area contributed by atoms with Crippen LogP contribution in [0.3, 0.4) is 0 Å². The van der Waals surface area contributed by atoms with E-state index in [-0.39, 0.29) is 0 Å². The van der Waals surface area contributed by atoms with Crippen molar-refractivity contribution < 1.29 is 0 Å². The highest BCUT2D eigenvalue weighted by Gasteiger charge is 2.16. The maximum absolute atomic E-state index is 2.27. The molecule has 2 heteroatoms. The van der Waals surface area contributed by atoms with E-state index >= 15 is 0 Å². The molecule has 0 N–H and O–H groups in total. The topological polar surface area (TPSA) is 0 Å². The van der Waals surface area contributed by atoms with Crippen LogP contribution in [0.4, 0.5) is 0 Å². The molecule has 0 saturated carbocycles. The van der Waals surface area contributed by atoms with E-state index in [0.717, 1.165) is 0 Å². The fourth-order valence-electron chi connectivity index (χ4n) is 2.54. The first-order valence-corrected chi connectivity index (χ1v) is 8.70. The predicted octanol–water partition coefficient (Wildman–Crippen LogP) is 6.61. The van der Waals surface area contributed by atoms with Crippen LogP contribution in [0.2, 0.25) is 0 Å². The Kier molecular flexibility index (Phi) is 4.27. The lowest BCUT2D eigenvalue weighted by Gasteiger charge is -2.08. The third kappa shape index (κ3) is 2.40. The first-order valence-electron chi connectivity index (χ1n) is 7.07. The molecule has 0 nitrogen and oxygen atoms in total. The van der Waals surface area contributed by atoms with Gasteiger partial charge in [-0.05, 0) is 88.8 Å². The molecule has 20 heavy (non-hydrogen) atoms. The van der Waals surface area contributed by atoms with E-state index in [1.54, 1.807) is 0 Å². The molecule has 0 atom stereocenters. The normalized spacial score (nSPS) is 12.8. The number of hydrogen-bond donors (Lipinski definition) is 0. The summed E-state index contributed by atoms with van der Waals surface area (Å²) in [6.45, 7) is 18.0. The van der Waals surface area contributed by atoms with Gasteiger partial charge < -0.3 is 0 Å². The van der Waals surface area contributed by atoms with E-state index < -0.39 is 0 Å². The maximum Gasteiger partial charge on any atom is 0.0337 e. The maximum atomic E-state index is 2.27. The second kappa shape index (κ2) is 5.50. The zero-order chi connectivity index (χ0) is 15.2. The van der Waals surface area contributed by atoms with Crippen LogP contribution in [0.1, 0.15) is 55.6 Å². The summed E-state index contributed by atoms with van der Waals surface area (Å²) in [6.07, 6.45) is 0. The Morgan fingerprint density at radius 3 is 1.05 bits per heavy atom. The average Bonchev–Trinajstić information content (AvgIpc) is 2.82. The Hall–Kier alpha value is -0.860. The van der Waals surface area contributed by atoms with Crippen LogP contribution in [-0.4, -0.2) is 0 Å². The molecule has 0 spiro atoms. The number of thiophene rings is 2. The van der Waals surface area contributed by atoms with Crippen molar-refractivity contribution in [3.63, 3.8) is 0 Å². The van der Waals surface area contributed by atoms with Gasteiger partial charge in [0, 0.05) is 19.5 Å². The van der Waals surface area contributed by atoms with Gasteiger partial charge in [0.25, 0.3) is 0 Å². The van der Waals surface area contributed by atoms with Crippen molar-refractivity contribution in [2.45, 2.75) is 55.4 Å². The van der Waals surface area contributed by atoms with Gasteiger partial charge >= 0.3 is 0 Å². The van der Waals surface area contributed by atoms with E-state index in [1.807, 2.05) is 22.7 Å². The third-order valence-corrected chi connectivity index (χ3v) is 7.47. The second-order valence-corrected chi connectivity index (χ2v) is 8.17. The molecule has 0 radical (unpaired) electrons. The molecule has 108 valence electrons. The monoisotopic (exact) mass is 304 g/mol. The van der Waals surface area contributed by atoms with Crippen LogP contribution in [0.25, 0.3) is 11.1 Å². The SMILES string of the molecule is C/C(=C(/C)c1sc(C)c(C)c1C)c1sc(C)c(C)c1C. The van der Waals surface area contributed by atoms with Crippen molar-refractivity contribution in [1.82, 2.24) is 0 Å². The van der Waals surface area contributed by atoms with E-state index in [2.05, 4.69) is 55.4 Å². The summed E-state index contributed by atoms with van der Waals surface area (Å²) >= 11 is 3.87. The van der Waals surface area contributed by atoms with Crippen molar-refractivity contribution in [3.05, 3.63) is 41.8 Å². The summed E-state index contributed by atoms with van der Waals surface area (Å²) in [6, 6.07) is 0. The Bertz CT molecular complexity index is 633. The molecule has 0 amide bonds. The molecule has 2 rings (SSSR count). The fraction of sp³-hybridized carbons (Fsp3) is 0.444. The van der Waals surface area contributed by atoms with Crippen LogP contribution in [0, 0.1) is 41.5 Å². The summed E-state index contributed by atoms with van der Waals surface area (Å²) in [5, 5.41) is 0. The van der Waals surface area contributed by atoms with Crippen molar-refractivity contribution in [1.29, 1.82) is 0 Å². The Balaban J connectivity index is 2.61. The third-order valence-electron chi connectivity index (χ3n) is 4.62. The molecule has 0 aliphatic heterocycles. The van der Waals surface area contributed by atoms with Gasteiger partial charge in [-0.15, -0.1) is 22.7 Å². The first kappa shape index (κ1) is 15.5. The van der Waals surface area contributed by atoms with Crippen LogP contribution >= 0.6 is 22.7 Å². The quantitative estimate of drug-likeness (QED) is 0.585. The van der Waals surface area contributed by atoms with E-state index in [9.17, 15) is 0 Å². The number of hydrogen-bond acceptors (Lipinski definition) is 2.